The first kappa shape index (κ1) is 24.0. The topological polar surface area (TPSA) is 125 Å². The van der Waals surface area contributed by atoms with Crippen molar-refractivity contribution in [2.75, 3.05) is 13.1 Å². The number of nitrogens with one attached hydrogen (secondary N) is 1. The monoisotopic (exact) mass is 473 g/mol. The second-order valence-corrected chi connectivity index (χ2v) is 9.93. The summed E-state index contributed by atoms with van der Waals surface area (Å²) >= 11 is 0. The van der Waals surface area contributed by atoms with Crippen LogP contribution in [0.25, 0.3) is 0 Å². The van der Waals surface area contributed by atoms with Crippen molar-refractivity contribution >= 4 is 23.8 Å². The Kier molecular flexibility index (Phi) is 6.53. The van der Waals surface area contributed by atoms with Gasteiger partial charge in [0, 0.05) is 44.5 Å². The summed E-state index contributed by atoms with van der Waals surface area (Å²) in [7, 11) is 0. The minimum atomic E-state index is -0.722. The number of fused-ring (bicyclic) bond motifs is 1. The molecule has 34 heavy (non-hydrogen) atoms. The number of benzene rings is 1. The van der Waals surface area contributed by atoms with Crippen molar-refractivity contribution in [3.63, 3.8) is 0 Å². The maximum atomic E-state index is 13.4. The first-order chi connectivity index (χ1) is 16.1. The molecule has 10 nitrogen and oxygen atoms in total. The molecule has 0 aliphatic carbocycles. The number of hydrogen-bond donors (Lipinski definition) is 2. The van der Waals surface area contributed by atoms with Gasteiger partial charge in [-0.15, -0.1) is 0 Å². The molecule has 4 rings (SSSR count). The molecule has 0 bridgehead atoms. The normalized spacial score (nSPS) is 21.4. The van der Waals surface area contributed by atoms with Gasteiger partial charge in [0.25, 0.3) is 5.91 Å². The molecule has 1 aromatic rings. The van der Waals surface area contributed by atoms with Gasteiger partial charge in [-0.2, -0.15) is 0 Å². The number of carbonyl (C=O) groups is 4. The van der Waals surface area contributed by atoms with Crippen molar-refractivity contribution in [1.29, 1.82) is 0 Å². The highest BCUT2D eigenvalue weighted by atomic mass is 16.6. The third kappa shape index (κ3) is 4.86. The van der Waals surface area contributed by atoms with E-state index in [2.05, 4.69) is 5.32 Å². The number of nitrogens with zero attached hydrogens (tertiary/aromatic N) is 2. The quantitative estimate of drug-likeness (QED) is 0.638. The minimum absolute atomic E-state index is 0.179. The third-order valence-corrected chi connectivity index (χ3v) is 6.28. The van der Waals surface area contributed by atoms with Crippen LogP contribution in [0, 0.1) is 0 Å². The predicted octanol–water partition coefficient (Wildman–Crippen LogP) is 1.72. The van der Waals surface area contributed by atoms with E-state index < -0.39 is 17.6 Å². The van der Waals surface area contributed by atoms with Crippen molar-refractivity contribution in [1.82, 2.24) is 15.1 Å². The molecular formula is C24H31N3O7. The zero-order valence-electron chi connectivity index (χ0n) is 19.8. The Hall–Kier alpha value is -3.14. The van der Waals surface area contributed by atoms with E-state index in [0.717, 1.165) is 0 Å². The summed E-state index contributed by atoms with van der Waals surface area (Å²) in [4.78, 5) is 52.7. The van der Waals surface area contributed by atoms with E-state index in [1.165, 1.54) is 4.90 Å². The first-order valence-corrected chi connectivity index (χ1v) is 11.6. The second kappa shape index (κ2) is 9.25. The average molecular weight is 474 g/mol. The van der Waals surface area contributed by atoms with Crippen LogP contribution in [0.15, 0.2) is 12.1 Å². The summed E-state index contributed by atoms with van der Waals surface area (Å²) in [6, 6.07) is 2.77. The van der Waals surface area contributed by atoms with Crippen LogP contribution in [-0.4, -0.2) is 69.6 Å². The second-order valence-electron chi connectivity index (χ2n) is 9.93. The Morgan fingerprint density at radius 3 is 2.47 bits per heavy atom. The van der Waals surface area contributed by atoms with E-state index in [9.17, 15) is 24.3 Å². The molecule has 0 spiro atoms. The van der Waals surface area contributed by atoms with E-state index in [-0.39, 0.29) is 50.0 Å². The van der Waals surface area contributed by atoms with Gasteiger partial charge in [-0.1, -0.05) is 12.1 Å². The van der Waals surface area contributed by atoms with E-state index in [1.54, 1.807) is 17.0 Å². The number of rotatable bonds is 4. The lowest BCUT2D eigenvalue weighted by atomic mass is 10.0. The molecule has 1 aromatic carbocycles. The molecule has 0 radical (unpaired) electrons. The van der Waals surface area contributed by atoms with Gasteiger partial charge in [-0.05, 0) is 32.8 Å². The standard InChI is InChI=1S/C24H31N3O7/c1-24(2,3)34-23(32)26-10-8-16(9-11-26)33-20-15(13-28)5-4-14-12-27(22(31)19(14)20)17-6-7-18(29)25-21(17)30/h4-5,16-17,28H,6-13H2,1-3H3,(H,25,29,30). The Bertz CT molecular complexity index is 1010. The lowest BCUT2D eigenvalue weighted by molar-refractivity contribution is -0.136. The zero-order valence-corrected chi connectivity index (χ0v) is 19.8. The molecule has 3 heterocycles. The molecule has 10 heteroatoms. The highest BCUT2D eigenvalue weighted by Gasteiger charge is 2.41. The van der Waals surface area contributed by atoms with Crippen LogP contribution < -0.4 is 10.1 Å². The fourth-order valence-corrected chi connectivity index (χ4v) is 4.57. The van der Waals surface area contributed by atoms with Gasteiger partial charge >= 0.3 is 6.09 Å². The molecule has 3 aliphatic rings. The summed E-state index contributed by atoms with van der Waals surface area (Å²) in [5.74, 6) is -0.831. The number of amides is 4. The number of piperidine rings is 2. The molecule has 0 aromatic heterocycles. The Morgan fingerprint density at radius 1 is 1.15 bits per heavy atom. The van der Waals surface area contributed by atoms with Gasteiger partial charge in [-0.3, -0.25) is 19.7 Å². The third-order valence-electron chi connectivity index (χ3n) is 6.28. The molecule has 184 valence electrons. The summed E-state index contributed by atoms with van der Waals surface area (Å²) < 4.78 is 11.7. The average Bonchev–Trinajstić information content (AvgIpc) is 3.10. The highest BCUT2D eigenvalue weighted by Crippen LogP contribution is 2.37. The summed E-state index contributed by atoms with van der Waals surface area (Å²) in [6.07, 6.45) is 0.956. The number of hydrogen-bond acceptors (Lipinski definition) is 7. The Morgan fingerprint density at radius 2 is 1.85 bits per heavy atom. The van der Waals surface area contributed by atoms with Gasteiger partial charge in [-0.25, -0.2) is 4.79 Å². The molecule has 2 saturated heterocycles. The number of likely N-dealkylation sites (tertiary alicyclic amines) is 1. The maximum Gasteiger partial charge on any atom is 0.410 e. The number of ether oxygens (including phenoxy) is 2. The SMILES string of the molecule is CC(C)(C)OC(=O)N1CCC(Oc2c(CO)ccc3c2C(=O)N(C2CCC(=O)NC2=O)C3)CC1. The Balaban J connectivity index is 1.48. The predicted molar refractivity (Wildman–Crippen MR) is 120 cm³/mol. The fourth-order valence-electron chi connectivity index (χ4n) is 4.57. The molecule has 1 unspecified atom stereocenters. The van der Waals surface area contributed by atoms with Crippen LogP contribution in [0.1, 0.15) is 67.9 Å². The lowest BCUT2D eigenvalue weighted by Crippen LogP contribution is -2.52. The van der Waals surface area contributed by atoms with Crippen molar-refractivity contribution in [2.24, 2.45) is 0 Å². The zero-order chi connectivity index (χ0) is 24.6. The molecule has 2 fully saturated rings. The van der Waals surface area contributed by atoms with Crippen LogP contribution in [0.3, 0.4) is 0 Å². The van der Waals surface area contributed by atoms with Gasteiger partial charge in [0.1, 0.15) is 23.5 Å². The number of carbonyl (C=O) groups excluding carboxylic acids is 4. The van der Waals surface area contributed by atoms with E-state index in [0.29, 0.717) is 48.4 Å². The van der Waals surface area contributed by atoms with Crippen LogP contribution >= 0.6 is 0 Å². The smallest absolute Gasteiger partial charge is 0.410 e. The minimum Gasteiger partial charge on any atom is -0.489 e. The molecule has 3 aliphatic heterocycles. The van der Waals surface area contributed by atoms with Crippen LogP contribution in [0.2, 0.25) is 0 Å². The van der Waals surface area contributed by atoms with Gasteiger partial charge in [0.05, 0.1) is 12.2 Å². The van der Waals surface area contributed by atoms with Crippen LogP contribution in [0.4, 0.5) is 4.79 Å². The fraction of sp³-hybridized carbons (Fsp3) is 0.583. The number of aliphatic hydroxyl groups excluding tert-OH is 1. The molecule has 1 atom stereocenters. The first-order valence-electron chi connectivity index (χ1n) is 11.6. The van der Waals surface area contributed by atoms with E-state index in [4.69, 9.17) is 9.47 Å². The van der Waals surface area contributed by atoms with Gasteiger partial charge in [0.2, 0.25) is 11.8 Å². The molecular weight excluding hydrogens is 442 g/mol. The van der Waals surface area contributed by atoms with Crippen molar-refractivity contribution in [3.8, 4) is 5.75 Å². The van der Waals surface area contributed by atoms with Gasteiger partial charge in [0.15, 0.2) is 0 Å². The summed E-state index contributed by atoms with van der Waals surface area (Å²) in [5.41, 5.74) is 0.991. The van der Waals surface area contributed by atoms with Crippen LogP contribution in [0.5, 0.6) is 5.75 Å². The summed E-state index contributed by atoms with van der Waals surface area (Å²) in [6.45, 7) is 6.32. The van der Waals surface area contributed by atoms with Crippen molar-refractivity contribution in [2.45, 2.75) is 77.4 Å². The number of imide groups is 1. The van der Waals surface area contributed by atoms with Crippen molar-refractivity contribution in [3.05, 3.63) is 28.8 Å². The summed E-state index contributed by atoms with van der Waals surface area (Å²) in [5, 5.41) is 12.2. The van der Waals surface area contributed by atoms with Crippen LogP contribution in [-0.2, 0) is 27.5 Å². The highest BCUT2D eigenvalue weighted by molar-refractivity contribution is 6.06. The molecule has 2 N–H and O–H groups in total. The van der Waals surface area contributed by atoms with E-state index >= 15 is 0 Å². The molecule has 4 amide bonds. The van der Waals surface area contributed by atoms with Crippen molar-refractivity contribution < 1.29 is 33.8 Å². The van der Waals surface area contributed by atoms with Gasteiger partial charge < -0.3 is 24.4 Å². The van der Waals surface area contributed by atoms with E-state index in [1.807, 2.05) is 20.8 Å². The Labute approximate surface area is 198 Å². The number of aliphatic hydroxyl groups is 1. The molecule has 0 saturated carbocycles. The lowest BCUT2D eigenvalue weighted by Gasteiger charge is -2.34. The maximum absolute atomic E-state index is 13.4. The largest absolute Gasteiger partial charge is 0.489 e.